The van der Waals surface area contributed by atoms with Gasteiger partial charge in [-0.05, 0) is 36.8 Å². The summed E-state index contributed by atoms with van der Waals surface area (Å²) >= 11 is 5.99. The van der Waals surface area contributed by atoms with E-state index in [2.05, 4.69) is 25.1 Å². The van der Waals surface area contributed by atoms with Crippen LogP contribution in [0.3, 0.4) is 0 Å². The van der Waals surface area contributed by atoms with Gasteiger partial charge in [0.05, 0.1) is 18.5 Å². The van der Waals surface area contributed by atoms with Crippen molar-refractivity contribution in [1.82, 2.24) is 0 Å². The number of amides is 1. The predicted octanol–water partition coefficient (Wildman–Crippen LogP) is 5.58. The van der Waals surface area contributed by atoms with Crippen LogP contribution in [0, 0.1) is 0 Å². The summed E-state index contributed by atoms with van der Waals surface area (Å²) in [6.07, 6.45) is 4.64. The number of nitrogens with zero attached hydrogens (tertiary/aromatic N) is 2. The zero-order valence-corrected chi connectivity index (χ0v) is 16.4. The molecular formula is C22H23ClN2O2. The Morgan fingerprint density at radius 2 is 1.93 bits per heavy atom. The van der Waals surface area contributed by atoms with E-state index in [9.17, 15) is 4.79 Å². The summed E-state index contributed by atoms with van der Waals surface area (Å²) in [5, 5.41) is 0.579. The smallest absolute Gasteiger partial charge is 0.277 e. The van der Waals surface area contributed by atoms with Gasteiger partial charge in [0, 0.05) is 23.2 Å². The Morgan fingerprint density at radius 1 is 1.19 bits per heavy atom. The fourth-order valence-corrected chi connectivity index (χ4v) is 2.69. The van der Waals surface area contributed by atoms with E-state index in [1.807, 2.05) is 30.3 Å². The van der Waals surface area contributed by atoms with E-state index in [1.54, 1.807) is 36.3 Å². The number of rotatable bonds is 5. The molecule has 3 rings (SSSR count). The number of benzene rings is 2. The number of aliphatic imine (C=N–C) groups is 1. The van der Waals surface area contributed by atoms with Gasteiger partial charge in [0.1, 0.15) is 11.5 Å². The molecule has 140 valence electrons. The van der Waals surface area contributed by atoms with Gasteiger partial charge in [0.25, 0.3) is 5.91 Å². The monoisotopic (exact) mass is 382 g/mol. The first-order valence-electron chi connectivity index (χ1n) is 8.62. The van der Waals surface area contributed by atoms with Gasteiger partial charge in [0.2, 0.25) is 0 Å². The Hall–Kier alpha value is -2.85. The van der Waals surface area contributed by atoms with Gasteiger partial charge < -0.3 is 9.64 Å². The van der Waals surface area contributed by atoms with Crippen LogP contribution in [0.25, 0.3) is 0 Å². The number of ether oxygens (including phenoxy) is 1. The number of hydrogen-bond donors (Lipinski definition) is 0. The number of halogens is 1. The molecule has 27 heavy (non-hydrogen) atoms. The number of carbonyl (C=O) groups excluding carboxylic acids is 1. The van der Waals surface area contributed by atoms with E-state index < -0.39 is 0 Å². The summed E-state index contributed by atoms with van der Waals surface area (Å²) in [5.41, 5.74) is 2.59. The lowest BCUT2D eigenvalue weighted by atomic mass is 10.1. The van der Waals surface area contributed by atoms with Crippen LogP contribution in [0.1, 0.15) is 18.9 Å². The van der Waals surface area contributed by atoms with Crippen molar-refractivity contribution in [1.29, 1.82) is 0 Å². The number of methoxy groups -OCH3 is 1. The van der Waals surface area contributed by atoms with Crippen LogP contribution in [-0.2, 0) is 4.79 Å². The van der Waals surface area contributed by atoms with Crippen molar-refractivity contribution >= 4 is 34.6 Å². The van der Waals surface area contributed by atoms with Gasteiger partial charge in [-0.25, -0.2) is 4.99 Å². The molecule has 2 aromatic carbocycles. The maximum atomic E-state index is 12.7. The Labute approximate surface area is 165 Å². The fraction of sp³-hybridized carbons (Fsp3) is 0.182. The van der Waals surface area contributed by atoms with Crippen LogP contribution in [0.15, 0.2) is 72.8 Å². The maximum absolute atomic E-state index is 12.7. The summed E-state index contributed by atoms with van der Waals surface area (Å²) < 4.78 is 5.25. The van der Waals surface area contributed by atoms with Gasteiger partial charge in [-0.3, -0.25) is 4.79 Å². The Bertz CT molecular complexity index is 874. The minimum absolute atomic E-state index is 0.159. The molecule has 2 aromatic rings. The highest BCUT2D eigenvalue weighted by atomic mass is 35.5. The van der Waals surface area contributed by atoms with Crippen molar-refractivity contribution in [2.45, 2.75) is 13.3 Å². The molecule has 0 fully saturated rings. The lowest BCUT2D eigenvalue weighted by Crippen LogP contribution is -2.30. The molecule has 1 amide bonds. The first-order valence-corrected chi connectivity index (χ1v) is 8.99. The summed E-state index contributed by atoms with van der Waals surface area (Å²) in [7, 11) is 1.59. The second-order valence-corrected chi connectivity index (χ2v) is 6.16. The van der Waals surface area contributed by atoms with Crippen molar-refractivity contribution in [3.8, 4) is 5.75 Å². The van der Waals surface area contributed by atoms with Crippen LogP contribution in [0.5, 0.6) is 5.75 Å². The third-order valence-corrected chi connectivity index (χ3v) is 4.08. The standard InChI is InChI=1S/C18H15ClN2O2.C4H8/c1-3-9-21-16-11-14(23-2)7-8-15(16)17(18(21)22)20-13-6-4-5-12(19)10-13;1-3-4-2/h3-8,10-11H,1,9H2,2H3;3H,1,4H2,2H3. The van der Waals surface area contributed by atoms with Crippen LogP contribution in [-0.4, -0.2) is 25.3 Å². The first kappa shape index (κ1) is 20.5. The summed E-state index contributed by atoms with van der Waals surface area (Å²) in [6, 6.07) is 12.6. The minimum atomic E-state index is -0.159. The highest BCUT2D eigenvalue weighted by Gasteiger charge is 2.33. The number of fused-ring (bicyclic) bond motifs is 1. The first-order chi connectivity index (χ1) is 13.0. The highest BCUT2D eigenvalue weighted by Crippen LogP contribution is 2.34. The average molecular weight is 383 g/mol. The Morgan fingerprint density at radius 3 is 2.52 bits per heavy atom. The molecule has 0 saturated carbocycles. The number of allylic oxidation sites excluding steroid dienone is 1. The Balaban J connectivity index is 0.000000596. The van der Waals surface area contributed by atoms with E-state index in [4.69, 9.17) is 16.3 Å². The molecule has 0 spiro atoms. The maximum Gasteiger partial charge on any atom is 0.277 e. The molecule has 0 radical (unpaired) electrons. The van der Waals surface area contributed by atoms with Gasteiger partial charge in [0.15, 0.2) is 0 Å². The van der Waals surface area contributed by atoms with Crippen LogP contribution >= 0.6 is 11.6 Å². The molecular weight excluding hydrogens is 360 g/mol. The molecule has 0 saturated heterocycles. The van der Waals surface area contributed by atoms with Crippen LogP contribution in [0.4, 0.5) is 11.4 Å². The van der Waals surface area contributed by atoms with Gasteiger partial charge in [-0.2, -0.15) is 0 Å². The molecule has 1 aliphatic heterocycles. The van der Waals surface area contributed by atoms with Crippen molar-refractivity contribution in [2.75, 3.05) is 18.6 Å². The molecule has 0 aliphatic carbocycles. The van der Waals surface area contributed by atoms with E-state index in [-0.39, 0.29) is 5.91 Å². The van der Waals surface area contributed by atoms with Crippen LogP contribution in [0.2, 0.25) is 5.02 Å². The Kier molecular flexibility index (Phi) is 7.38. The van der Waals surface area contributed by atoms with E-state index in [0.717, 1.165) is 17.7 Å². The number of anilines is 1. The van der Waals surface area contributed by atoms with Crippen LogP contribution < -0.4 is 9.64 Å². The molecule has 1 heterocycles. The summed E-state index contributed by atoms with van der Waals surface area (Å²) in [4.78, 5) is 18.8. The lowest BCUT2D eigenvalue weighted by Gasteiger charge is -2.14. The second kappa shape index (κ2) is 9.74. The van der Waals surface area contributed by atoms with Crippen molar-refractivity contribution in [3.63, 3.8) is 0 Å². The van der Waals surface area contributed by atoms with Gasteiger partial charge in [-0.15, -0.1) is 13.2 Å². The molecule has 0 unspecified atom stereocenters. The predicted molar refractivity (Wildman–Crippen MR) is 114 cm³/mol. The third kappa shape index (κ3) is 4.86. The third-order valence-electron chi connectivity index (χ3n) is 3.85. The molecule has 4 nitrogen and oxygen atoms in total. The highest BCUT2D eigenvalue weighted by molar-refractivity contribution is 6.54. The zero-order valence-electron chi connectivity index (χ0n) is 15.6. The van der Waals surface area contributed by atoms with E-state index >= 15 is 0 Å². The molecule has 1 aliphatic rings. The molecule has 0 atom stereocenters. The molecule has 0 aromatic heterocycles. The van der Waals surface area contributed by atoms with Crippen molar-refractivity contribution < 1.29 is 9.53 Å². The van der Waals surface area contributed by atoms with E-state index in [0.29, 0.717) is 28.7 Å². The SMILES string of the molecule is C=CCC.C=CCN1C(=O)C(=Nc2cccc(Cl)c2)c2ccc(OC)cc21. The topological polar surface area (TPSA) is 41.9 Å². The van der Waals surface area contributed by atoms with E-state index in [1.165, 1.54) is 0 Å². The largest absolute Gasteiger partial charge is 0.497 e. The van der Waals surface area contributed by atoms with Gasteiger partial charge in [-0.1, -0.05) is 36.7 Å². The lowest BCUT2D eigenvalue weighted by molar-refractivity contribution is -0.112. The second-order valence-electron chi connectivity index (χ2n) is 5.72. The minimum Gasteiger partial charge on any atom is -0.497 e. The molecule has 5 heteroatoms. The summed E-state index contributed by atoms with van der Waals surface area (Å²) in [5.74, 6) is 0.530. The zero-order chi connectivity index (χ0) is 19.8. The fourth-order valence-electron chi connectivity index (χ4n) is 2.51. The molecule has 0 bridgehead atoms. The summed E-state index contributed by atoms with van der Waals surface area (Å²) in [6.45, 7) is 9.66. The van der Waals surface area contributed by atoms with Crippen molar-refractivity contribution in [2.24, 2.45) is 4.99 Å². The van der Waals surface area contributed by atoms with Gasteiger partial charge >= 0.3 is 0 Å². The normalized spacial score (nSPS) is 13.7. The quantitative estimate of drug-likeness (QED) is 0.633. The van der Waals surface area contributed by atoms with Crippen molar-refractivity contribution in [3.05, 3.63) is 78.4 Å². The number of carbonyl (C=O) groups is 1. The number of hydrogen-bond acceptors (Lipinski definition) is 3. The average Bonchev–Trinajstić information content (AvgIpc) is 2.93. The molecule has 0 N–H and O–H groups in total.